The maximum atomic E-state index is 5.96. The van der Waals surface area contributed by atoms with Crippen LogP contribution in [-0.2, 0) is 11.3 Å². The van der Waals surface area contributed by atoms with Crippen molar-refractivity contribution < 1.29 is 4.74 Å². The van der Waals surface area contributed by atoms with E-state index in [1.807, 2.05) is 0 Å². The van der Waals surface area contributed by atoms with Crippen LogP contribution in [0, 0.1) is 5.92 Å². The van der Waals surface area contributed by atoms with E-state index in [2.05, 4.69) is 39.3 Å². The molecule has 0 saturated carbocycles. The molecule has 5 heteroatoms. The Kier molecular flexibility index (Phi) is 5.63. The molecule has 0 amide bonds. The maximum absolute atomic E-state index is 5.96. The summed E-state index contributed by atoms with van der Waals surface area (Å²) in [7, 11) is 2.16. The predicted octanol–water partition coefficient (Wildman–Crippen LogP) is 2.70. The first-order chi connectivity index (χ1) is 8.70. The van der Waals surface area contributed by atoms with E-state index in [0.717, 1.165) is 19.8 Å². The molecule has 18 heavy (non-hydrogen) atoms. The highest BCUT2D eigenvalue weighted by Crippen LogP contribution is 2.24. The van der Waals surface area contributed by atoms with E-state index < -0.39 is 0 Å². The molecular formula is C13H21BrN2OS. The third-order valence-corrected chi connectivity index (χ3v) is 5.15. The standard InChI is InChI=1S/C13H21BrN2OS/c1-16(7-10-5-13(14)18-9-10)12(6-15)11-3-2-4-17-8-11/h5,9,11-12H,2-4,6-8,15H2,1H3. The molecular weight excluding hydrogens is 312 g/mol. The smallest absolute Gasteiger partial charge is 0.0701 e. The largest absolute Gasteiger partial charge is 0.381 e. The molecule has 1 aromatic heterocycles. The van der Waals surface area contributed by atoms with Crippen LogP contribution in [0.2, 0.25) is 0 Å². The van der Waals surface area contributed by atoms with E-state index in [0.29, 0.717) is 18.5 Å². The van der Waals surface area contributed by atoms with Crippen LogP contribution in [0.25, 0.3) is 0 Å². The van der Waals surface area contributed by atoms with Gasteiger partial charge >= 0.3 is 0 Å². The Hall–Kier alpha value is 0.0600. The Labute approximate surface area is 121 Å². The fourth-order valence-corrected chi connectivity index (χ4v) is 3.84. The van der Waals surface area contributed by atoms with Gasteiger partial charge in [-0.1, -0.05) is 0 Å². The van der Waals surface area contributed by atoms with Crippen molar-refractivity contribution >= 4 is 27.3 Å². The van der Waals surface area contributed by atoms with Crippen LogP contribution in [0.5, 0.6) is 0 Å². The first-order valence-electron chi connectivity index (χ1n) is 6.41. The molecule has 1 aromatic rings. The van der Waals surface area contributed by atoms with Crippen molar-refractivity contribution in [3.8, 4) is 0 Å². The Bertz CT molecular complexity index is 366. The molecule has 0 spiro atoms. The van der Waals surface area contributed by atoms with E-state index in [9.17, 15) is 0 Å². The molecule has 0 bridgehead atoms. The Morgan fingerprint density at radius 3 is 3.06 bits per heavy atom. The molecule has 1 aliphatic rings. The number of nitrogens with two attached hydrogens (primary N) is 1. The van der Waals surface area contributed by atoms with Crippen LogP contribution in [-0.4, -0.2) is 37.7 Å². The summed E-state index contributed by atoms with van der Waals surface area (Å²) >= 11 is 5.24. The summed E-state index contributed by atoms with van der Waals surface area (Å²) in [6, 6.07) is 2.61. The fraction of sp³-hybridized carbons (Fsp3) is 0.692. The summed E-state index contributed by atoms with van der Waals surface area (Å²) in [5.41, 5.74) is 7.31. The lowest BCUT2D eigenvalue weighted by atomic mass is 9.92. The van der Waals surface area contributed by atoms with Gasteiger partial charge in [0.2, 0.25) is 0 Å². The van der Waals surface area contributed by atoms with Crippen molar-refractivity contribution in [3.05, 3.63) is 20.8 Å². The monoisotopic (exact) mass is 332 g/mol. The van der Waals surface area contributed by atoms with Crippen LogP contribution in [0.1, 0.15) is 18.4 Å². The zero-order valence-corrected chi connectivity index (χ0v) is 13.2. The Balaban J connectivity index is 1.93. The number of hydrogen-bond acceptors (Lipinski definition) is 4. The van der Waals surface area contributed by atoms with E-state index in [1.165, 1.54) is 22.2 Å². The van der Waals surface area contributed by atoms with Crippen LogP contribution in [0.3, 0.4) is 0 Å². The summed E-state index contributed by atoms with van der Waals surface area (Å²) in [5.74, 6) is 0.579. The minimum atomic E-state index is 0.420. The average Bonchev–Trinajstić information content (AvgIpc) is 2.77. The van der Waals surface area contributed by atoms with Gasteiger partial charge in [0.25, 0.3) is 0 Å². The summed E-state index contributed by atoms with van der Waals surface area (Å²) < 4.78 is 6.77. The molecule has 1 aliphatic heterocycles. The molecule has 0 aromatic carbocycles. The SMILES string of the molecule is CN(Cc1csc(Br)c1)C(CN)C1CCCOC1. The van der Waals surface area contributed by atoms with Crippen molar-refractivity contribution in [1.82, 2.24) is 4.90 Å². The van der Waals surface area contributed by atoms with Gasteiger partial charge in [-0.2, -0.15) is 0 Å². The lowest BCUT2D eigenvalue weighted by Crippen LogP contribution is -2.45. The highest BCUT2D eigenvalue weighted by atomic mass is 79.9. The predicted molar refractivity (Wildman–Crippen MR) is 79.9 cm³/mol. The number of nitrogens with zero attached hydrogens (tertiary/aromatic N) is 1. The van der Waals surface area contributed by atoms with Crippen LogP contribution in [0.4, 0.5) is 0 Å². The van der Waals surface area contributed by atoms with Crippen molar-refractivity contribution in [2.75, 3.05) is 26.8 Å². The molecule has 1 fully saturated rings. The van der Waals surface area contributed by atoms with Crippen molar-refractivity contribution in [1.29, 1.82) is 0 Å². The van der Waals surface area contributed by atoms with Gasteiger partial charge in [0.1, 0.15) is 0 Å². The lowest BCUT2D eigenvalue weighted by Gasteiger charge is -2.35. The zero-order valence-electron chi connectivity index (χ0n) is 10.8. The molecule has 2 unspecified atom stereocenters. The van der Waals surface area contributed by atoms with Crippen LogP contribution < -0.4 is 5.73 Å². The average molecular weight is 333 g/mol. The number of halogens is 1. The highest BCUT2D eigenvalue weighted by Gasteiger charge is 2.26. The molecule has 2 heterocycles. The third kappa shape index (κ3) is 3.78. The van der Waals surface area contributed by atoms with Gasteiger partial charge in [0.15, 0.2) is 0 Å². The molecule has 2 rings (SSSR count). The molecule has 1 saturated heterocycles. The molecule has 3 nitrogen and oxygen atoms in total. The first-order valence-corrected chi connectivity index (χ1v) is 8.09. The van der Waals surface area contributed by atoms with Crippen molar-refractivity contribution in [3.63, 3.8) is 0 Å². The van der Waals surface area contributed by atoms with Crippen molar-refractivity contribution in [2.24, 2.45) is 11.7 Å². The second-order valence-corrected chi connectivity index (χ2v) is 7.24. The molecule has 2 atom stereocenters. The number of hydrogen-bond donors (Lipinski definition) is 1. The van der Waals surface area contributed by atoms with Gasteiger partial charge in [-0.3, -0.25) is 4.90 Å². The van der Waals surface area contributed by atoms with Crippen LogP contribution >= 0.6 is 27.3 Å². The van der Waals surface area contributed by atoms with E-state index in [4.69, 9.17) is 10.5 Å². The van der Waals surface area contributed by atoms with Gasteiger partial charge in [-0.25, -0.2) is 0 Å². The molecule has 0 radical (unpaired) electrons. The third-order valence-electron chi connectivity index (χ3n) is 3.60. The molecule has 0 aliphatic carbocycles. The van der Waals surface area contributed by atoms with Gasteiger partial charge in [-0.05, 0) is 58.7 Å². The Morgan fingerprint density at radius 2 is 2.50 bits per heavy atom. The van der Waals surface area contributed by atoms with Crippen molar-refractivity contribution in [2.45, 2.75) is 25.4 Å². The summed E-state index contributed by atoms with van der Waals surface area (Å²) in [4.78, 5) is 2.37. The number of rotatable bonds is 5. The van der Waals surface area contributed by atoms with Gasteiger partial charge in [-0.15, -0.1) is 11.3 Å². The summed E-state index contributed by atoms with van der Waals surface area (Å²) in [6.45, 7) is 3.44. The number of likely N-dealkylation sites (N-methyl/N-ethyl adjacent to an activating group) is 1. The Morgan fingerprint density at radius 1 is 1.67 bits per heavy atom. The minimum Gasteiger partial charge on any atom is -0.381 e. The summed E-state index contributed by atoms with van der Waals surface area (Å²) in [5, 5.41) is 2.20. The normalized spacial score (nSPS) is 22.3. The molecule has 102 valence electrons. The minimum absolute atomic E-state index is 0.420. The fourth-order valence-electron chi connectivity index (χ4n) is 2.64. The first kappa shape index (κ1) is 14.5. The van der Waals surface area contributed by atoms with E-state index >= 15 is 0 Å². The topological polar surface area (TPSA) is 38.5 Å². The zero-order chi connectivity index (χ0) is 13.0. The quantitative estimate of drug-likeness (QED) is 0.900. The van der Waals surface area contributed by atoms with Gasteiger partial charge in [0, 0.05) is 25.7 Å². The molecule has 2 N–H and O–H groups in total. The highest BCUT2D eigenvalue weighted by molar-refractivity contribution is 9.11. The maximum Gasteiger partial charge on any atom is 0.0701 e. The lowest BCUT2D eigenvalue weighted by molar-refractivity contribution is 0.0156. The van der Waals surface area contributed by atoms with Gasteiger partial charge < -0.3 is 10.5 Å². The number of thiophene rings is 1. The summed E-state index contributed by atoms with van der Waals surface area (Å²) in [6.07, 6.45) is 2.40. The second-order valence-electron chi connectivity index (χ2n) is 4.95. The second kappa shape index (κ2) is 7.01. The van der Waals surface area contributed by atoms with E-state index in [-0.39, 0.29) is 0 Å². The van der Waals surface area contributed by atoms with Gasteiger partial charge in [0.05, 0.1) is 10.4 Å². The number of ether oxygens (including phenoxy) is 1. The van der Waals surface area contributed by atoms with E-state index in [1.54, 1.807) is 11.3 Å². The van der Waals surface area contributed by atoms with Crippen LogP contribution in [0.15, 0.2) is 15.2 Å².